The molecular formula is C21H22F4N2O. The molecular weight excluding hydrogens is 372 g/mol. The van der Waals surface area contributed by atoms with Gasteiger partial charge in [0.2, 0.25) is 0 Å². The van der Waals surface area contributed by atoms with E-state index >= 15 is 0 Å². The van der Waals surface area contributed by atoms with Crippen molar-refractivity contribution in [3.63, 3.8) is 0 Å². The van der Waals surface area contributed by atoms with E-state index in [1.807, 2.05) is 17.8 Å². The van der Waals surface area contributed by atoms with Crippen LogP contribution in [-0.4, -0.2) is 17.7 Å². The normalized spacial score (nSPS) is 11.9. The molecule has 1 N–H and O–H groups in total. The molecule has 3 nitrogen and oxygen atoms in total. The zero-order valence-corrected chi connectivity index (χ0v) is 15.7. The largest absolute Gasteiger partial charge is 0.490 e. The van der Waals surface area contributed by atoms with Crippen LogP contribution in [0.25, 0.3) is 10.9 Å². The Bertz CT molecular complexity index is 963. The zero-order valence-electron chi connectivity index (χ0n) is 15.7. The number of nitrogens with one attached hydrogen (secondary N) is 1. The average molecular weight is 394 g/mol. The summed E-state index contributed by atoms with van der Waals surface area (Å²) in [6, 6.07) is 8.37. The second kappa shape index (κ2) is 8.22. The molecule has 0 unspecified atom stereocenters. The van der Waals surface area contributed by atoms with Crippen LogP contribution in [0, 0.1) is 5.82 Å². The SMILES string of the molecule is CCOc1c(F)ccc2c1c(CCNCc1cccc(C(F)(F)F)c1)cn2C. The van der Waals surface area contributed by atoms with Gasteiger partial charge in [0, 0.05) is 25.2 Å². The highest BCUT2D eigenvalue weighted by molar-refractivity contribution is 5.90. The highest BCUT2D eigenvalue weighted by Gasteiger charge is 2.30. The number of nitrogens with zero attached hydrogens (tertiary/aromatic N) is 1. The van der Waals surface area contributed by atoms with Crippen molar-refractivity contribution >= 4 is 10.9 Å². The van der Waals surface area contributed by atoms with Gasteiger partial charge in [-0.25, -0.2) is 4.39 Å². The van der Waals surface area contributed by atoms with Crippen LogP contribution in [0.1, 0.15) is 23.6 Å². The molecule has 1 heterocycles. The Labute approximate surface area is 160 Å². The van der Waals surface area contributed by atoms with Crippen LogP contribution < -0.4 is 10.1 Å². The molecule has 0 saturated carbocycles. The molecule has 0 radical (unpaired) electrons. The minimum absolute atomic E-state index is 0.244. The van der Waals surface area contributed by atoms with Gasteiger partial charge < -0.3 is 14.6 Å². The summed E-state index contributed by atoms with van der Waals surface area (Å²) < 4.78 is 60.0. The zero-order chi connectivity index (χ0) is 20.3. The number of fused-ring (bicyclic) bond motifs is 1. The van der Waals surface area contributed by atoms with E-state index in [0.29, 0.717) is 31.7 Å². The maximum absolute atomic E-state index is 14.2. The third-order valence-electron chi connectivity index (χ3n) is 4.58. The van der Waals surface area contributed by atoms with E-state index in [2.05, 4.69) is 5.32 Å². The van der Waals surface area contributed by atoms with Gasteiger partial charge in [0.05, 0.1) is 17.7 Å². The molecule has 1 aromatic heterocycles. The number of aromatic nitrogens is 1. The number of aryl methyl sites for hydroxylation is 1. The summed E-state index contributed by atoms with van der Waals surface area (Å²) >= 11 is 0. The van der Waals surface area contributed by atoms with Gasteiger partial charge in [0.25, 0.3) is 0 Å². The Hall–Kier alpha value is -2.54. The average Bonchev–Trinajstić information content (AvgIpc) is 2.97. The van der Waals surface area contributed by atoms with Crippen molar-refractivity contribution in [1.82, 2.24) is 9.88 Å². The third-order valence-corrected chi connectivity index (χ3v) is 4.58. The Morgan fingerprint density at radius 3 is 2.64 bits per heavy atom. The number of hydrogen-bond donors (Lipinski definition) is 1. The van der Waals surface area contributed by atoms with Gasteiger partial charge in [-0.3, -0.25) is 0 Å². The maximum atomic E-state index is 14.2. The van der Waals surface area contributed by atoms with Crippen LogP contribution in [-0.2, 0) is 26.2 Å². The standard InChI is InChI=1S/C21H22F4N2O/c1-3-28-20-17(22)7-8-18-19(20)15(13-27(18)2)9-10-26-12-14-5-4-6-16(11-14)21(23,24)25/h4-8,11,13,26H,3,9-10,12H2,1-2H3. The predicted octanol–water partition coefficient (Wildman–Crippen LogP) is 5.07. The van der Waals surface area contributed by atoms with Crippen LogP contribution in [0.15, 0.2) is 42.6 Å². The Morgan fingerprint density at radius 1 is 1.14 bits per heavy atom. The maximum Gasteiger partial charge on any atom is 0.416 e. The fraction of sp³-hybridized carbons (Fsp3) is 0.333. The topological polar surface area (TPSA) is 26.2 Å². The lowest BCUT2D eigenvalue weighted by molar-refractivity contribution is -0.137. The van der Waals surface area contributed by atoms with Crippen molar-refractivity contribution in [2.75, 3.05) is 13.2 Å². The van der Waals surface area contributed by atoms with Crippen molar-refractivity contribution in [1.29, 1.82) is 0 Å². The summed E-state index contributed by atoms with van der Waals surface area (Å²) in [7, 11) is 1.88. The molecule has 3 rings (SSSR count). The smallest absolute Gasteiger partial charge is 0.416 e. The van der Waals surface area contributed by atoms with Crippen LogP contribution in [0.2, 0.25) is 0 Å². The molecule has 0 fully saturated rings. The molecule has 0 atom stereocenters. The molecule has 0 aliphatic heterocycles. The van der Waals surface area contributed by atoms with Gasteiger partial charge in [-0.05, 0) is 49.2 Å². The van der Waals surface area contributed by atoms with Crippen LogP contribution in [0.5, 0.6) is 5.75 Å². The molecule has 0 aliphatic rings. The summed E-state index contributed by atoms with van der Waals surface area (Å²) in [5.74, 6) is -0.160. The van der Waals surface area contributed by atoms with Gasteiger partial charge in [-0.1, -0.05) is 18.2 Å². The number of alkyl halides is 3. The van der Waals surface area contributed by atoms with Crippen molar-refractivity contribution in [3.8, 4) is 5.75 Å². The summed E-state index contributed by atoms with van der Waals surface area (Å²) in [5, 5.41) is 3.90. The van der Waals surface area contributed by atoms with Crippen molar-refractivity contribution in [3.05, 3.63) is 65.1 Å². The van der Waals surface area contributed by atoms with E-state index in [-0.39, 0.29) is 5.75 Å². The summed E-state index contributed by atoms with van der Waals surface area (Å²) in [5.41, 5.74) is 1.71. The van der Waals surface area contributed by atoms with E-state index in [0.717, 1.165) is 28.6 Å². The second-order valence-electron chi connectivity index (χ2n) is 6.59. The summed E-state index contributed by atoms with van der Waals surface area (Å²) in [6.07, 6.45) is -1.82. The number of halogens is 4. The minimum Gasteiger partial charge on any atom is -0.490 e. The lowest BCUT2D eigenvalue weighted by atomic mass is 10.1. The Balaban J connectivity index is 1.70. The first-order chi connectivity index (χ1) is 13.3. The predicted molar refractivity (Wildman–Crippen MR) is 101 cm³/mol. The molecule has 0 spiro atoms. The number of benzene rings is 2. The fourth-order valence-electron chi connectivity index (χ4n) is 3.31. The van der Waals surface area contributed by atoms with Crippen LogP contribution in [0.3, 0.4) is 0 Å². The fourth-order valence-corrected chi connectivity index (χ4v) is 3.31. The van der Waals surface area contributed by atoms with Crippen molar-refractivity contribution < 1.29 is 22.3 Å². The van der Waals surface area contributed by atoms with Gasteiger partial charge in [0.1, 0.15) is 0 Å². The molecule has 7 heteroatoms. The molecule has 0 aliphatic carbocycles. The molecule has 0 saturated heterocycles. The van der Waals surface area contributed by atoms with Gasteiger partial charge in [0.15, 0.2) is 11.6 Å². The summed E-state index contributed by atoms with van der Waals surface area (Å²) in [6.45, 7) is 3.02. The van der Waals surface area contributed by atoms with Crippen LogP contribution in [0.4, 0.5) is 17.6 Å². The van der Waals surface area contributed by atoms with E-state index < -0.39 is 17.6 Å². The van der Waals surface area contributed by atoms with Crippen molar-refractivity contribution in [2.45, 2.75) is 26.1 Å². The van der Waals surface area contributed by atoms with E-state index in [4.69, 9.17) is 4.74 Å². The van der Waals surface area contributed by atoms with E-state index in [1.54, 1.807) is 19.1 Å². The quantitative estimate of drug-likeness (QED) is 0.447. The molecule has 0 amide bonds. The first kappa shape index (κ1) is 20.2. The van der Waals surface area contributed by atoms with Gasteiger partial charge >= 0.3 is 6.18 Å². The highest BCUT2D eigenvalue weighted by Crippen LogP contribution is 2.33. The Kier molecular flexibility index (Phi) is 5.93. The first-order valence-electron chi connectivity index (χ1n) is 9.07. The summed E-state index contributed by atoms with van der Waals surface area (Å²) in [4.78, 5) is 0. The highest BCUT2D eigenvalue weighted by atomic mass is 19.4. The number of hydrogen-bond acceptors (Lipinski definition) is 2. The lowest BCUT2D eigenvalue weighted by Crippen LogP contribution is -2.17. The van der Waals surface area contributed by atoms with Gasteiger partial charge in [-0.2, -0.15) is 13.2 Å². The molecule has 150 valence electrons. The second-order valence-corrected chi connectivity index (χ2v) is 6.59. The molecule has 3 aromatic rings. The minimum atomic E-state index is -4.35. The van der Waals surface area contributed by atoms with Crippen LogP contribution >= 0.6 is 0 Å². The van der Waals surface area contributed by atoms with Gasteiger partial charge in [-0.15, -0.1) is 0 Å². The monoisotopic (exact) mass is 394 g/mol. The van der Waals surface area contributed by atoms with Crippen molar-refractivity contribution in [2.24, 2.45) is 7.05 Å². The Morgan fingerprint density at radius 2 is 1.93 bits per heavy atom. The number of ether oxygens (including phenoxy) is 1. The van der Waals surface area contributed by atoms with E-state index in [9.17, 15) is 17.6 Å². The third kappa shape index (κ3) is 4.30. The first-order valence-corrected chi connectivity index (χ1v) is 9.07. The lowest BCUT2D eigenvalue weighted by Gasteiger charge is -2.10. The molecule has 2 aromatic carbocycles. The molecule has 28 heavy (non-hydrogen) atoms. The van der Waals surface area contributed by atoms with E-state index in [1.165, 1.54) is 12.1 Å². The number of rotatable bonds is 7. The molecule has 0 bridgehead atoms.